The normalized spacial score (nSPS) is 9.73. The Kier molecular flexibility index (Phi) is 1.16. The fraction of sp³-hybridized carbons (Fsp3) is 0. The summed E-state index contributed by atoms with van der Waals surface area (Å²) in [7, 11) is 0. The number of hydrogen-bond acceptors (Lipinski definition) is 1. The van der Waals surface area contributed by atoms with Crippen LogP contribution in [0.2, 0.25) is 0 Å². The van der Waals surface area contributed by atoms with Crippen molar-refractivity contribution in [2.24, 2.45) is 0 Å². The molecule has 0 spiro atoms. The standard InChI is InChI=1S/C9H6N2/c1-2-8-4-3-5-11-7-10-6-9(8)11/h1,3-7H. The molecule has 0 radical (unpaired) electrons. The van der Waals surface area contributed by atoms with Gasteiger partial charge in [-0.1, -0.05) is 5.92 Å². The minimum Gasteiger partial charge on any atom is -0.305 e. The van der Waals surface area contributed by atoms with Gasteiger partial charge in [-0.15, -0.1) is 6.42 Å². The van der Waals surface area contributed by atoms with Crippen LogP contribution in [0, 0.1) is 12.3 Å². The molecular weight excluding hydrogens is 136 g/mol. The van der Waals surface area contributed by atoms with E-state index in [-0.39, 0.29) is 0 Å². The molecule has 0 aliphatic carbocycles. The zero-order valence-corrected chi connectivity index (χ0v) is 5.86. The van der Waals surface area contributed by atoms with Gasteiger partial charge in [-0.05, 0) is 12.1 Å². The van der Waals surface area contributed by atoms with Crippen molar-refractivity contribution in [2.45, 2.75) is 0 Å². The molecule has 0 atom stereocenters. The first-order valence-electron chi connectivity index (χ1n) is 3.29. The molecule has 2 heterocycles. The van der Waals surface area contributed by atoms with Crippen LogP contribution in [0.4, 0.5) is 0 Å². The molecule has 0 aliphatic rings. The molecule has 2 nitrogen and oxygen atoms in total. The van der Waals surface area contributed by atoms with Gasteiger partial charge in [0.15, 0.2) is 0 Å². The third-order valence-corrected chi connectivity index (χ3v) is 1.61. The predicted octanol–water partition coefficient (Wildman–Crippen LogP) is 1.32. The van der Waals surface area contributed by atoms with Crippen molar-refractivity contribution in [1.29, 1.82) is 0 Å². The first kappa shape index (κ1) is 5.99. The topological polar surface area (TPSA) is 17.3 Å². The van der Waals surface area contributed by atoms with Gasteiger partial charge in [0.05, 0.1) is 18.0 Å². The lowest BCUT2D eigenvalue weighted by molar-refractivity contribution is 1.15. The van der Waals surface area contributed by atoms with Crippen molar-refractivity contribution in [1.82, 2.24) is 9.38 Å². The van der Waals surface area contributed by atoms with E-state index in [1.54, 1.807) is 12.5 Å². The van der Waals surface area contributed by atoms with Gasteiger partial charge in [0.2, 0.25) is 0 Å². The molecule has 0 fully saturated rings. The highest BCUT2D eigenvalue weighted by molar-refractivity contribution is 5.60. The number of imidazole rings is 1. The first-order chi connectivity index (χ1) is 5.42. The number of hydrogen-bond donors (Lipinski definition) is 0. The average Bonchev–Trinajstić information content (AvgIpc) is 2.50. The highest BCUT2D eigenvalue weighted by Crippen LogP contribution is 2.07. The maximum Gasteiger partial charge on any atom is 0.0992 e. The van der Waals surface area contributed by atoms with Crippen LogP contribution in [-0.4, -0.2) is 9.38 Å². The maximum atomic E-state index is 5.28. The summed E-state index contributed by atoms with van der Waals surface area (Å²) in [6, 6.07) is 3.81. The first-order valence-corrected chi connectivity index (χ1v) is 3.29. The van der Waals surface area contributed by atoms with E-state index >= 15 is 0 Å². The molecule has 0 N–H and O–H groups in total. The van der Waals surface area contributed by atoms with Crippen LogP contribution in [-0.2, 0) is 0 Å². The molecule has 0 aliphatic heterocycles. The quantitative estimate of drug-likeness (QED) is 0.507. The third-order valence-electron chi connectivity index (χ3n) is 1.61. The van der Waals surface area contributed by atoms with Gasteiger partial charge in [0.1, 0.15) is 0 Å². The zero-order valence-electron chi connectivity index (χ0n) is 5.86. The number of aromatic nitrogens is 2. The number of nitrogens with zero attached hydrogens (tertiary/aromatic N) is 2. The summed E-state index contributed by atoms with van der Waals surface area (Å²) in [6.07, 6.45) is 10.7. The van der Waals surface area contributed by atoms with Crippen LogP contribution in [0.3, 0.4) is 0 Å². The lowest BCUT2D eigenvalue weighted by Gasteiger charge is -1.93. The van der Waals surface area contributed by atoms with Crippen LogP contribution >= 0.6 is 0 Å². The van der Waals surface area contributed by atoms with E-state index in [0.717, 1.165) is 11.1 Å². The predicted molar refractivity (Wildman–Crippen MR) is 43.1 cm³/mol. The fourth-order valence-electron chi connectivity index (χ4n) is 1.07. The third kappa shape index (κ3) is 0.786. The number of rotatable bonds is 0. The molecule has 52 valence electrons. The molecule has 0 amide bonds. The highest BCUT2D eigenvalue weighted by Gasteiger charge is 1.95. The average molecular weight is 142 g/mol. The molecule has 2 aromatic rings. The SMILES string of the molecule is C#Cc1cccn2cncc12. The molecule has 0 aromatic carbocycles. The largest absolute Gasteiger partial charge is 0.305 e. The maximum absolute atomic E-state index is 5.28. The van der Waals surface area contributed by atoms with E-state index in [1.807, 2.05) is 22.7 Å². The van der Waals surface area contributed by atoms with Crippen molar-refractivity contribution < 1.29 is 0 Å². The molecule has 0 bridgehead atoms. The van der Waals surface area contributed by atoms with E-state index in [9.17, 15) is 0 Å². The molecule has 2 heteroatoms. The van der Waals surface area contributed by atoms with Gasteiger partial charge in [0.25, 0.3) is 0 Å². The van der Waals surface area contributed by atoms with Crippen LogP contribution in [0.1, 0.15) is 5.56 Å². The van der Waals surface area contributed by atoms with Crippen molar-refractivity contribution in [3.8, 4) is 12.3 Å². The Hall–Kier alpha value is -1.75. The van der Waals surface area contributed by atoms with E-state index in [1.165, 1.54) is 0 Å². The van der Waals surface area contributed by atoms with E-state index in [2.05, 4.69) is 10.9 Å². The molecule has 2 rings (SSSR count). The van der Waals surface area contributed by atoms with Gasteiger partial charge in [-0.3, -0.25) is 0 Å². The zero-order chi connectivity index (χ0) is 7.68. The van der Waals surface area contributed by atoms with Crippen LogP contribution < -0.4 is 0 Å². The Bertz CT molecular complexity index is 420. The second kappa shape index (κ2) is 2.14. The van der Waals surface area contributed by atoms with E-state index < -0.39 is 0 Å². The number of terminal acetylenes is 1. The summed E-state index contributed by atoms with van der Waals surface area (Å²) in [5.74, 6) is 2.60. The monoisotopic (exact) mass is 142 g/mol. The van der Waals surface area contributed by atoms with E-state index in [0.29, 0.717) is 0 Å². The molecular formula is C9H6N2. The van der Waals surface area contributed by atoms with Gasteiger partial charge in [-0.2, -0.15) is 0 Å². The number of pyridine rings is 1. The lowest BCUT2D eigenvalue weighted by Crippen LogP contribution is -1.83. The summed E-state index contributed by atoms with van der Waals surface area (Å²) in [5.41, 5.74) is 1.86. The van der Waals surface area contributed by atoms with Gasteiger partial charge >= 0.3 is 0 Å². The Labute approximate surface area is 64.5 Å². The van der Waals surface area contributed by atoms with Gasteiger partial charge < -0.3 is 4.40 Å². The smallest absolute Gasteiger partial charge is 0.0992 e. The van der Waals surface area contributed by atoms with Crippen molar-refractivity contribution in [2.75, 3.05) is 0 Å². The summed E-state index contributed by atoms with van der Waals surface area (Å²) in [4.78, 5) is 3.98. The second-order valence-corrected chi connectivity index (χ2v) is 2.25. The Morgan fingerprint density at radius 1 is 1.55 bits per heavy atom. The Balaban J connectivity index is 2.92. The molecule has 0 saturated heterocycles. The summed E-state index contributed by atoms with van der Waals surface area (Å²) in [6.45, 7) is 0. The highest BCUT2D eigenvalue weighted by atomic mass is 15.0. The molecule has 0 saturated carbocycles. The minimum atomic E-state index is 0.880. The molecule has 11 heavy (non-hydrogen) atoms. The van der Waals surface area contributed by atoms with E-state index in [4.69, 9.17) is 6.42 Å². The Morgan fingerprint density at radius 3 is 3.27 bits per heavy atom. The fourth-order valence-corrected chi connectivity index (χ4v) is 1.07. The van der Waals surface area contributed by atoms with Crippen molar-refractivity contribution >= 4 is 5.52 Å². The van der Waals surface area contributed by atoms with Crippen molar-refractivity contribution in [3.05, 3.63) is 36.4 Å². The summed E-state index contributed by atoms with van der Waals surface area (Å²) >= 11 is 0. The lowest BCUT2D eigenvalue weighted by atomic mass is 10.2. The van der Waals surface area contributed by atoms with Crippen LogP contribution in [0.25, 0.3) is 5.52 Å². The molecule has 2 aromatic heterocycles. The number of fused-ring (bicyclic) bond motifs is 1. The second-order valence-electron chi connectivity index (χ2n) is 2.25. The van der Waals surface area contributed by atoms with Crippen LogP contribution in [0.5, 0.6) is 0 Å². The van der Waals surface area contributed by atoms with Crippen molar-refractivity contribution in [3.63, 3.8) is 0 Å². The minimum absolute atomic E-state index is 0.880. The molecule has 0 unspecified atom stereocenters. The Morgan fingerprint density at radius 2 is 2.45 bits per heavy atom. The summed E-state index contributed by atoms with van der Waals surface area (Å²) in [5, 5.41) is 0. The van der Waals surface area contributed by atoms with Gasteiger partial charge in [0, 0.05) is 11.8 Å². The van der Waals surface area contributed by atoms with Gasteiger partial charge in [-0.25, -0.2) is 4.98 Å². The summed E-state index contributed by atoms with van der Waals surface area (Å²) < 4.78 is 1.90. The van der Waals surface area contributed by atoms with Crippen LogP contribution in [0.15, 0.2) is 30.9 Å².